The normalized spacial score (nSPS) is 19.4. The molecule has 0 saturated carbocycles. The standard InChI is InChI=1S/C13H18BrNO/c1-10(16)12-8-15(9-12)7-6-11-2-4-13(14)5-3-11/h2-5,10,12,16H,6-9H2,1H3. The van der Waals surface area contributed by atoms with Gasteiger partial charge in [0.25, 0.3) is 0 Å². The van der Waals surface area contributed by atoms with Gasteiger partial charge in [0.15, 0.2) is 0 Å². The van der Waals surface area contributed by atoms with Crippen LogP contribution in [0.15, 0.2) is 28.7 Å². The fourth-order valence-electron chi connectivity index (χ4n) is 2.04. The number of benzene rings is 1. The van der Waals surface area contributed by atoms with Crippen LogP contribution in [0.4, 0.5) is 0 Å². The third kappa shape index (κ3) is 3.06. The molecule has 1 heterocycles. The molecule has 88 valence electrons. The molecule has 0 radical (unpaired) electrons. The van der Waals surface area contributed by atoms with Crippen molar-refractivity contribution >= 4 is 15.9 Å². The van der Waals surface area contributed by atoms with Crippen molar-refractivity contribution in [1.82, 2.24) is 4.90 Å². The lowest BCUT2D eigenvalue weighted by atomic mass is 9.94. The average Bonchev–Trinajstić information content (AvgIpc) is 2.18. The van der Waals surface area contributed by atoms with Crippen molar-refractivity contribution in [3.05, 3.63) is 34.3 Å². The summed E-state index contributed by atoms with van der Waals surface area (Å²) in [6.07, 6.45) is 0.948. The van der Waals surface area contributed by atoms with Crippen molar-refractivity contribution in [3.63, 3.8) is 0 Å². The Kier molecular flexibility index (Phi) is 4.00. The number of rotatable bonds is 4. The molecule has 1 aliphatic rings. The van der Waals surface area contributed by atoms with Gasteiger partial charge in [-0.2, -0.15) is 0 Å². The van der Waals surface area contributed by atoms with E-state index in [1.807, 2.05) is 6.92 Å². The Morgan fingerprint density at radius 2 is 2.00 bits per heavy atom. The van der Waals surface area contributed by atoms with Crippen LogP contribution >= 0.6 is 15.9 Å². The topological polar surface area (TPSA) is 23.5 Å². The van der Waals surface area contributed by atoms with Crippen LogP contribution in [-0.2, 0) is 6.42 Å². The molecule has 1 unspecified atom stereocenters. The van der Waals surface area contributed by atoms with Gasteiger partial charge in [-0.15, -0.1) is 0 Å². The highest BCUT2D eigenvalue weighted by Gasteiger charge is 2.29. The van der Waals surface area contributed by atoms with Crippen LogP contribution in [0.2, 0.25) is 0 Å². The van der Waals surface area contributed by atoms with E-state index in [1.54, 1.807) is 0 Å². The minimum Gasteiger partial charge on any atom is -0.393 e. The van der Waals surface area contributed by atoms with Gasteiger partial charge in [-0.05, 0) is 31.0 Å². The Bertz CT molecular complexity index is 330. The highest BCUT2D eigenvalue weighted by atomic mass is 79.9. The maximum Gasteiger partial charge on any atom is 0.0564 e. The van der Waals surface area contributed by atoms with E-state index in [-0.39, 0.29) is 6.10 Å². The zero-order valence-corrected chi connectivity index (χ0v) is 11.2. The Morgan fingerprint density at radius 1 is 1.38 bits per heavy atom. The molecule has 1 fully saturated rings. The fraction of sp³-hybridized carbons (Fsp3) is 0.538. The van der Waals surface area contributed by atoms with Gasteiger partial charge < -0.3 is 10.0 Å². The summed E-state index contributed by atoms with van der Waals surface area (Å²) < 4.78 is 1.13. The molecule has 2 nitrogen and oxygen atoms in total. The lowest BCUT2D eigenvalue weighted by Crippen LogP contribution is -2.51. The van der Waals surface area contributed by atoms with E-state index in [0.29, 0.717) is 5.92 Å². The van der Waals surface area contributed by atoms with E-state index in [9.17, 15) is 5.11 Å². The minimum atomic E-state index is -0.149. The van der Waals surface area contributed by atoms with Gasteiger partial charge in [0, 0.05) is 30.0 Å². The summed E-state index contributed by atoms with van der Waals surface area (Å²) in [5, 5.41) is 9.37. The Morgan fingerprint density at radius 3 is 2.56 bits per heavy atom. The van der Waals surface area contributed by atoms with E-state index in [4.69, 9.17) is 0 Å². The molecule has 0 aromatic heterocycles. The smallest absolute Gasteiger partial charge is 0.0564 e. The van der Waals surface area contributed by atoms with E-state index < -0.39 is 0 Å². The van der Waals surface area contributed by atoms with Crippen molar-refractivity contribution < 1.29 is 5.11 Å². The SMILES string of the molecule is CC(O)C1CN(CCc2ccc(Br)cc2)C1. The highest BCUT2D eigenvalue weighted by molar-refractivity contribution is 9.10. The number of likely N-dealkylation sites (tertiary alicyclic amines) is 1. The van der Waals surface area contributed by atoms with Crippen molar-refractivity contribution in [2.45, 2.75) is 19.4 Å². The Balaban J connectivity index is 1.71. The number of aliphatic hydroxyl groups is 1. The van der Waals surface area contributed by atoms with Crippen molar-refractivity contribution in [3.8, 4) is 0 Å². The molecule has 0 aliphatic carbocycles. The second-order valence-electron chi connectivity index (χ2n) is 4.64. The summed E-state index contributed by atoms with van der Waals surface area (Å²) in [5.41, 5.74) is 1.38. The summed E-state index contributed by atoms with van der Waals surface area (Å²) >= 11 is 3.44. The molecule has 1 saturated heterocycles. The molecule has 0 amide bonds. The molecule has 2 rings (SSSR count). The monoisotopic (exact) mass is 283 g/mol. The number of hydrogen-bond donors (Lipinski definition) is 1. The van der Waals surface area contributed by atoms with Crippen LogP contribution in [0.1, 0.15) is 12.5 Å². The third-order valence-corrected chi connectivity index (χ3v) is 3.83. The van der Waals surface area contributed by atoms with Crippen molar-refractivity contribution in [1.29, 1.82) is 0 Å². The molecule has 16 heavy (non-hydrogen) atoms. The summed E-state index contributed by atoms with van der Waals surface area (Å²) in [4.78, 5) is 2.40. The van der Waals surface area contributed by atoms with E-state index >= 15 is 0 Å². The Hall–Kier alpha value is -0.380. The lowest BCUT2D eigenvalue weighted by Gasteiger charge is -2.40. The number of aliphatic hydroxyl groups excluding tert-OH is 1. The number of halogens is 1. The van der Waals surface area contributed by atoms with Gasteiger partial charge in [0.05, 0.1) is 6.10 Å². The van der Waals surface area contributed by atoms with Gasteiger partial charge in [-0.3, -0.25) is 0 Å². The van der Waals surface area contributed by atoms with Gasteiger partial charge in [0.2, 0.25) is 0 Å². The second-order valence-corrected chi connectivity index (χ2v) is 5.55. The van der Waals surface area contributed by atoms with Crippen LogP contribution < -0.4 is 0 Å². The van der Waals surface area contributed by atoms with Gasteiger partial charge in [-0.1, -0.05) is 28.1 Å². The molecule has 1 aromatic rings. The first-order chi connectivity index (χ1) is 7.65. The van der Waals surface area contributed by atoms with Crippen molar-refractivity contribution in [2.75, 3.05) is 19.6 Å². The van der Waals surface area contributed by atoms with Crippen LogP contribution in [0.3, 0.4) is 0 Å². The first kappa shape index (κ1) is 12.1. The van der Waals surface area contributed by atoms with E-state index in [2.05, 4.69) is 45.1 Å². The highest BCUT2D eigenvalue weighted by Crippen LogP contribution is 2.19. The summed E-state index contributed by atoms with van der Waals surface area (Å²) in [6.45, 7) is 5.09. The maximum absolute atomic E-state index is 9.37. The molecule has 1 aromatic carbocycles. The number of nitrogens with zero attached hydrogens (tertiary/aromatic N) is 1. The molecule has 1 atom stereocenters. The molecule has 1 N–H and O–H groups in total. The quantitative estimate of drug-likeness (QED) is 0.917. The largest absolute Gasteiger partial charge is 0.393 e. The minimum absolute atomic E-state index is 0.149. The summed E-state index contributed by atoms with van der Waals surface area (Å²) in [6, 6.07) is 8.50. The molecular formula is C13H18BrNO. The zero-order chi connectivity index (χ0) is 11.5. The van der Waals surface area contributed by atoms with Crippen LogP contribution in [0.25, 0.3) is 0 Å². The van der Waals surface area contributed by atoms with E-state index in [1.165, 1.54) is 5.56 Å². The Labute approximate surface area is 105 Å². The second kappa shape index (κ2) is 5.30. The molecule has 0 spiro atoms. The fourth-order valence-corrected chi connectivity index (χ4v) is 2.30. The summed E-state index contributed by atoms with van der Waals surface area (Å²) in [7, 11) is 0. The molecule has 1 aliphatic heterocycles. The van der Waals surface area contributed by atoms with Crippen molar-refractivity contribution in [2.24, 2.45) is 5.92 Å². The summed E-state index contributed by atoms with van der Waals surface area (Å²) in [5.74, 6) is 0.491. The number of hydrogen-bond acceptors (Lipinski definition) is 2. The van der Waals surface area contributed by atoms with E-state index in [0.717, 1.165) is 30.5 Å². The predicted molar refractivity (Wildman–Crippen MR) is 69.5 cm³/mol. The molecule has 0 bridgehead atoms. The van der Waals surface area contributed by atoms with Gasteiger partial charge >= 0.3 is 0 Å². The van der Waals surface area contributed by atoms with Crippen LogP contribution in [0, 0.1) is 5.92 Å². The van der Waals surface area contributed by atoms with Gasteiger partial charge in [0.1, 0.15) is 0 Å². The van der Waals surface area contributed by atoms with Crippen LogP contribution in [0.5, 0.6) is 0 Å². The van der Waals surface area contributed by atoms with Crippen LogP contribution in [-0.4, -0.2) is 35.7 Å². The predicted octanol–water partition coefficient (Wildman–Crippen LogP) is 2.30. The molecule has 3 heteroatoms. The molecular weight excluding hydrogens is 266 g/mol. The maximum atomic E-state index is 9.37. The lowest BCUT2D eigenvalue weighted by molar-refractivity contribution is 0.00661. The first-order valence-corrected chi connectivity index (χ1v) is 6.59. The van der Waals surface area contributed by atoms with Gasteiger partial charge in [-0.25, -0.2) is 0 Å². The average molecular weight is 284 g/mol. The zero-order valence-electron chi connectivity index (χ0n) is 9.56. The first-order valence-electron chi connectivity index (χ1n) is 5.80. The third-order valence-electron chi connectivity index (χ3n) is 3.30.